The first-order valence-corrected chi connectivity index (χ1v) is 10.9. The Kier molecular flexibility index (Phi) is 5.89. The van der Waals surface area contributed by atoms with E-state index in [1.165, 1.54) is 6.07 Å². The van der Waals surface area contributed by atoms with Gasteiger partial charge in [-0.3, -0.25) is 4.90 Å². The molecule has 1 saturated heterocycles. The van der Waals surface area contributed by atoms with Gasteiger partial charge in [0.05, 0.1) is 18.3 Å². The van der Waals surface area contributed by atoms with E-state index in [1.54, 1.807) is 6.07 Å². The van der Waals surface area contributed by atoms with Crippen LogP contribution in [0.2, 0.25) is 0 Å². The molecule has 162 valence electrons. The molecule has 0 spiro atoms. The van der Waals surface area contributed by atoms with Crippen LogP contribution >= 0.6 is 0 Å². The number of halogens is 1. The van der Waals surface area contributed by atoms with Gasteiger partial charge in [-0.25, -0.2) is 9.07 Å². The summed E-state index contributed by atoms with van der Waals surface area (Å²) in [5.41, 5.74) is 2.96. The molecule has 3 aromatic carbocycles. The highest BCUT2D eigenvalue weighted by molar-refractivity contribution is 5.48. The van der Waals surface area contributed by atoms with Crippen molar-refractivity contribution in [1.82, 2.24) is 25.1 Å². The van der Waals surface area contributed by atoms with Crippen molar-refractivity contribution in [3.63, 3.8) is 0 Å². The van der Waals surface area contributed by atoms with E-state index in [-0.39, 0.29) is 11.9 Å². The summed E-state index contributed by atoms with van der Waals surface area (Å²) in [4.78, 5) is 4.50. The predicted molar refractivity (Wildman–Crippen MR) is 122 cm³/mol. The fourth-order valence-corrected chi connectivity index (χ4v) is 4.36. The smallest absolute Gasteiger partial charge is 0.173 e. The molecule has 1 fully saturated rings. The topological polar surface area (TPSA) is 50.1 Å². The minimum Gasteiger partial charge on any atom is -0.367 e. The number of hydrogen-bond acceptors (Lipinski definition) is 5. The minimum absolute atomic E-state index is 0.0716. The summed E-state index contributed by atoms with van der Waals surface area (Å²) in [7, 11) is 0. The van der Waals surface area contributed by atoms with Crippen LogP contribution in [0.5, 0.6) is 0 Å². The Hall–Kier alpha value is -3.58. The third-order valence-electron chi connectivity index (χ3n) is 5.97. The Balaban J connectivity index is 1.42. The lowest BCUT2D eigenvalue weighted by Gasteiger charge is -2.40. The van der Waals surface area contributed by atoms with Gasteiger partial charge in [-0.15, -0.1) is 5.10 Å². The van der Waals surface area contributed by atoms with Gasteiger partial charge in [0, 0.05) is 26.2 Å². The molecule has 2 heterocycles. The zero-order valence-corrected chi connectivity index (χ0v) is 17.8. The lowest BCUT2D eigenvalue weighted by atomic mass is 10.0. The average molecular weight is 429 g/mol. The van der Waals surface area contributed by atoms with E-state index in [4.69, 9.17) is 0 Å². The van der Waals surface area contributed by atoms with Gasteiger partial charge in [0.25, 0.3) is 0 Å². The molecule has 0 radical (unpaired) electrons. The fraction of sp³-hybridized carbons (Fsp3) is 0.240. The van der Waals surface area contributed by atoms with Crippen molar-refractivity contribution in [1.29, 1.82) is 0 Å². The van der Waals surface area contributed by atoms with Crippen molar-refractivity contribution in [3.05, 3.63) is 108 Å². The normalized spacial score (nSPS) is 15.6. The first-order chi connectivity index (χ1) is 15.8. The second-order valence-corrected chi connectivity index (χ2v) is 7.97. The van der Waals surface area contributed by atoms with E-state index in [1.807, 2.05) is 53.2 Å². The molecule has 1 unspecified atom stereocenters. The summed E-state index contributed by atoms with van der Waals surface area (Å²) < 4.78 is 16.2. The van der Waals surface area contributed by atoms with Crippen LogP contribution < -0.4 is 4.90 Å². The van der Waals surface area contributed by atoms with Crippen molar-refractivity contribution in [2.75, 3.05) is 31.1 Å². The van der Waals surface area contributed by atoms with Gasteiger partial charge >= 0.3 is 0 Å². The fourth-order valence-electron chi connectivity index (χ4n) is 4.36. The molecule has 0 bridgehead atoms. The number of rotatable bonds is 6. The summed E-state index contributed by atoms with van der Waals surface area (Å²) in [6.45, 7) is 3.66. The number of aromatic nitrogens is 4. The van der Waals surface area contributed by atoms with E-state index < -0.39 is 0 Å². The molecule has 6 nitrogen and oxygen atoms in total. The van der Waals surface area contributed by atoms with Crippen molar-refractivity contribution < 1.29 is 4.39 Å². The second-order valence-electron chi connectivity index (χ2n) is 7.97. The highest BCUT2D eigenvalue weighted by Crippen LogP contribution is 2.29. The summed E-state index contributed by atoms with van der Waals surface area (Å²) in [6.07, 6.45) is 0. The number of hydrogen-bond donors (Lipinski definition) is 0. The molecule has 0 N–H and O–H groups in total. The quantitative estimate of drug-likeness (QED) is 0.468. The van der Waals surface area contributed by atoms with Crippen molar-refractivity contribution in [2.24, 2.45) is 0 Å². The van der Waals surface area contributed by atoms with Gasteiger partial charge in [0.2, 0.25) is 0 Å². The largest absolute Gasteiger partial charge is 0.367 e. The number of benzene rings is 3. The number of para-hydroxylation sites is 1. The number of nitrogens with zero attached hydrogens (tertiary/aromatic N) is 6. The standard InChI is InChI=1S/C25H25FN6/c26-22-13-7-8-14-23(22)30-15-17-31(18-16-30)24(21-11-5-2-6-12-21)25-27-28-29-32(25)19-20-9-3-1-4-10-20/h1-14,24H,15-19H2. The zero-order chi connectivity index (χ0) is 21.8. The first kappa shape index (κ1) is 20.3. The molecule has 0 aliphatic carbocycles. The summed E-state index contributed by atoms with van der Waals surface area (Å²) in [5.74, 6) is 0.645. The van der Waals surface area contributed by atoms with Crippen LogP contribution in [0.25, 0.3) is 0 Å². The molecule has 0 saturated carbocycles. The van der Waals surface area contributed by atoms with Crippen LogP contribution in [0.3, 0.4) is 0 Å². The Labute approximate surface area is 186 Å². The molecular formula is C25H25FN6. The first-order valence-electron chi connectivity index (χ1n) is 10.9. The third kappa shape index (κ3) is 4.24. The van der Waals surface area contributed by atoms with Gasteiger partial charge in [-0.2, -0.15) is 0 Å². The van der Waals surface area contributed by atoms with Crippen LogP contribution in [0, 0.1) is 5.82 Å². The van der Waals surface area contributed by atoms with Crippen LogP contribution in [-0.4, -0.2) is 51.3 Å². The van der Waals surface area contributed by atoms with Gasteiger partial charge in [-0.05, 0) is 33.7 Å². The molecule has 0 amide bonds. The molecule has 7 heteroatoms. The number of tetrazole rings is 1. The maximum absolute atomic E-state index is 14.3. The van der Waals surface area contributed by atoms with Crippen molar-refractivity contribution in [2.45, 2.75) is 12.6 Å². The Bertz CT molecular complexity index is 1140. The minimum atomic E-state index is -0.174. The Morgan fingerprint density at radius 1 is 0.781 bits per heavy atom. The third-order valence-corrected chi connectivity index (χ3v) is 5.97. The van der Waals surface area contributed by atoms with E-state index in [9.17, 15) is 4.39 Å². The van der Waals surface area contributed by atoms with Crippen LogP contribution in [0.1, 0.15) is 23.0 Å². The van der Waals surface area contributed by atoms with Crippen molar-refractivity contribution in [3.8, 4) is 0 Å². The van der Waals surface area contributed by atoms with Crippen molar-refractivity contribution >= 4 is 5.69 Å². The lowest BCUT2D eigenvalue weighted by Crippen LogP contribution is -2.48. The number of anilines is 1. The Morgan fingerprint density at radius 3 is 2.16 bits per heavy atom. The van der Waals surface area contributed by atoms with Crippen LogP contribution in [0.4, 0.5) is 10.1 Å². The predicted octanol–water partition coefficient (Wildman–Crippen LogP) is 3.77. The van der Waals surface area contributed by atoms with E-state index in [0.717, 1.165) is 43.1 Å². The molecule has 1 aliphatic rings. The molecule has 1 aromatic heterocycles. The van der Waals surface area contributed by atoms with Crippen LogP contribution in [0.15, 0.2) is 84.9 Å². The molecular weight excluding hydrogens is 403 g/mol. The number of piperazine rings is 1. The Morgan fingerprint density at radius 2 is 1.44 bits per heavy atom. The maximum atomic E-state index is 14.3. The summed E-state index contributed by atoms with van der Waals surface area (Å²) in [6, 6.07) is 27.5. The van der Waals surface area contributed by atoms with Crippen LogP contribution in [-0.2, 0) is 6.54 Å². The molecule has 1 aliphatic heterocycles. The lowest BCUT2D eigenvalue weighted by molar-refractivity contribution is 0.201. The summed E-state index contributed by atoms with van der Waals surface area (Å²) in [5, 5.41) is 12.7. The SMILES string of the molecule is Fc1ccccc1N1CCN(C(c2ccccc2)c2nnnn2Cc2ccccc2)CC1. The monoisotopic (exact) mass is 428 g/mol. The highest BCUT2D eigenvalue weighted by Gasteiger charge is 2.31. The summed E-state index contributed by atoms with van der Waals surface area (Å²) >= 11 is 0. The molecule has 32 heavy (non-hydrogen) atoms. The van der Waals surface area contributed by atoms with Gasteiger partial charge in [-0.1, -0.05) is 72.8 Å². The van der Waals surface area contributed by atoms with E-state index >= 15 is 0 Å². The van der Waals surface area contributed by atoms with Gasteiger partial charge < -0.3 is 4.90 Å². The average Bonchev–Trinajstić information content (AvgIpc) is 3.29. The molecule has 4 aromatic rings. The zero-order valence-electron chi connectivity index (χ0n) is 17.8. The maximum Gasteiger partial charge on any atom is 0.173 e. The van der Waals surface area contributed by atoms with Gasteiger partial charge in [0.15, 0.2) is 5.82 Å². The second kappa shape index (κ2) is 9.28. The van der Waals surface area contributed by atoms with E-state index in [0.29, 0.717) is 12.2 Å². The van der Waals surface area contributed by atoms with E-state index in [2.05, 4.69) is 49.6 Å². The van der Waals surface area contributed by atoms with Gasteiger partial charge in [0.1, 0.15) is 5.82 Å². The highest BCUT2D eigenvalue weighted by atomic mass is 19.1. The molecule has 1 atom stereocenters. The molecule has 5 rings (SSSR count).